The lowest BCUT2D eigenvalue weighted by molar-refractivity contribution is -0.137. The predicted octanol–water partition coefficient (Wildman–Crippen LogP) is 0.396. The summed E-state index contributed by atoms with van der Waals surface area (Å²) < 4.78 is 0. The van der Waals surface area contributed by atoms with Crippen LogP contribution in [-0.4, -0.2) is 22.8 Å². The lowest BCUT2D eigenvalue weighted by Crippen LogP contribution is -1.94. The first-order valence-corrected chi connectivity index (χ1v) is 2.60. The van der Waals surface area contributed by atoms with Gasteiger partial charge in [0, 0.05) is 13.0 Å². The Labute approximate surface area is 54.1 Å². The third kappa shape index (κ3) is 11.1. The van der Waals surface area contributed by atoms with Crippen molar-refractivity contribution in [2.24, 2.45) is 0 Å². The van der Waals surface area contributed by atoms with Gasteiger partial charge in [0.05, 0.1) is 0 Å². The maximum Gasteiger partial charge on any atom is 0.303 e. The van der Waals surface area contributed by atoms with Gasteiger partial charge in [-0.3, -0.25) is 4.79 Å². The summed E-state index contributed by atoms with van der Waals surface area (Å²) in [6.45, 7) is 0.0906. The van der Waals surface area contributed by atoms with Crippen molar-refractivity contribution < 1.29 is 15.0 Å². The quantitative estimate of drug-likeness (QED) is 0.486. The molecule has 5 N–H and O–H groups in total. The third-order valence-corrected chi connectivity index (χ3v) is 0.799. The van der Waals surface area contributed by atoms with Gasteiger partial charge in [0.25, 0.3) is 0 Å². The van der Waals surface area contributed by atoms with Crippen LogP contribution in [0.3, 0.4) is 0 Å². The number of rotatable bonds is 4. The zero-order valence-corrected chi connectivity index (χ0v) is 5.34. The van der Waals surface area contributed by atoms with Crippen LogP contribution in [0.4, 0.5) is 0 Å². The molecule has 0 aromatic carbocycles. The highest BCUT2D eigenvalue weighted by Gasteiger charge is 1.93. The second kappa shape index (κ2) is 7.39. The Morgan fingerprint density at radius 3 is 2.22 bits per heavy atom. The predicted molar refractivity (Wildman–Crippen MR) is 33.6 cm³/mol. The van der Waals surface area contributed by atoms with E-state index in [1.54, 1.807) is 0 Å². The molecule has 0 aliphatic heterocycles. The van der Waals surface area contributed by atoms with E-state index in [0.717, 1.165) is 0 Å². The molecule has 0 unspecified atom stereocenters. The molecule has 0 heterocycles. The fourth-order valence-corrected chi connectivity index (χ4v) is 0.388. The number of unbranched alkanes of at least 4 members (excludes halogenated alkanes) is 1. The molecule has 0 aliphatic rings. The number of aliphatic carboxylic acids is 1. The number of aliphatic hydroxyl groups is 1. The average Bonchev–Trinajstić information content (AvgIpc) is 1.66. The second-order valence-corrected chi connectivity index (χ2v) is 1.57. The first kappa shape index (κ1) is 11.2. The summed E-state index contributed by atoms with van der Waals surface area (Å²) in [5.41, 5.74) is 0. The Kier molecular flexibility index (Phi) is 9.21. The molecular weight excluding hydrogens is 122 g/mol. The molecule has 0 rings (SSSR count). The van der Waals surface area contributed by atoms with E-state index in [4.69, 9.17) is 10.2 Å². The van der Waals surface area contributed by atoms with Crippen LogP contribution in [0.2, 0.25) is 0 Å². The summed E-state index contributed by atoms with van der Waals surface area (Å²) in [6, 6.07) is 0. The number of carboxylic acids is 1. The summed E-state index contributed by atoms with van der Waals surface area (Å²) in [5, 5.41) is 16.2. The van der Waals surface area contributed by atoms with Crippen LogP contribution in [0.25, 0.3) is 0 Å². The van der Waals surface area contributed by atoms with Crippen LogP contribution < -0.4 is 6.15 Å². The van der Waals surface area contributed by atoms with Crippen LogP contribution in [0.5, 0.6) is 0 Å². The van der Waals surface area contributed by atoms with Crippen molar-refractivity contribution in [2.45, 2.75) is 19.3 Å². The first-order valence-electron chi connectivity index (χ1n) is 2.60. The van der Waals surface area contributed by atoms with Crippen molar-refractivity contribution >= 4 is 5.97 Å². The van der Waals surface area contributed by atoms with Crippen molar-refractivity contribution in [3.8, 4) is 0 Å². The third-order valence-electron chi connectivity index (χ3n) is 0.799. The Bertz CT molecular complexity index is 74.6. The average molecular weight is 135 g/mol. The topological polar surface area (TPSA) is 92.5 Å². The van der Waals surface area contributed by atoms with Gasteiger partial charge in [0.1, 0.15) is 0 Å². The Balaban J connectivity index is 0. The molecule has 9 heavy (non-hydrogen) atoms. The van der Waals surface area contributed by atoms with Gasteiger partial charge in [-0.25, -0.2) is 0 Å². The van der Waals surface area contributed by atoms with Gasteiger partial charge in [-0.1, -0.05) is 0 Å². The SMILES string of the molecule is N.O=C(O)CCCCO. The van der Waals surface area contributed by atoms with Crippen LogP contribution in [0, 0.1) is 0 Å². The molecule has 0 atom stereocenters. The van der Waals surface area contributed by atoms with E-state index >= 15 is 0 Å². The molecule has 0 bridgehead atoms. The Hall–Kier alpha value is -0.610. The highest BCUT2D eigenvalue weighted by atomic mass is 16.4. The van der Waals surface area contributed by atoms with Crippen molar-refractivity contribution in [1.82, 2.24) is 6.15 Å². The van der Waals surface area contributed by atoms with Crippen molar-refractivity contribution in [1.29, 1.82) is 0 Å². The molecule has 0 saturated heterocycles. The van der Waals surface area contributed by atoms with Crippen LogP contribution >= 0.6 is 0 Å². The number of aliphatic hydroxyl groups excluding tert-OH is 1. The minimum atomic E-state index is -0.793. The molecule has 0 aliphatic carbocycles. The summed E-state index contributed by atoms with van der Waals surface area (Å²) in [7, 11) is 0. The van der Waals surface area contributed by atoms with E-state index < -0.39 is 5.97 Å². The fourth-order valence-electron chi connectivity index (χ4n) is 0.388. The number of hydrogen-bond donors (Lipinski definition) is 3. The minimum Gasteiger partial charge on any atom is -0.481 e. The Morgan fingerprint density at radius 2 is 1.89 bits per heavy atom. The number of carbonyl (C=O) groups is 1. The van der Waals surface area contributed by atoms with Gasteiger partial charge in [-0.05, 0) is 12.8 Å². The summed E-state index contributed by atoms with van der Waals surface area (Å²) >= 11 is 0. The van der Waals surface area contributed by atoms with Gasteiger partial charge in [0.15, 0.2) is 0 Å². The van der Waals surface area contributed by atoms with Crippen LogP contribution in [0.1, 0.15) is 19.3 Å². The number of carboxylic acid groups (broad SMARTS) is 1. The maximum absolute atomic E-state index is 9.79. The molecule has 4 heteroatoms. The van der Waals surface area contributed by atoms with Gasteiger partial charge in [0.2, 0.25) is 0 Å². The normalized spacial score (nSPS) is 8.11. The lowest BCUT2D eigenvalue weighted by Gasteiger charge is -1.89. The molecule has 4 nitrogen and oxygen atoms in total. The van der Waals surface area contributed by atoms with Crippen LogP contribution in [-0.2, 0) is 4.79 Å². The highest BCUT2D eigenvalue weighted by molar-refractivity contribution is 5.66. The lowest BCUT2D eigenvalue weighted by atomic mass is 10.2. The first-order chi connectivity index (χ1) is 3.77. The molecular formula is C5H13NO3. The van der Waals surface area contributed by atoms with Gasteiger partial charge < -0.3 is 16.4 Å². The van der Waals surface area contributed by atoms with Gasteiger partial charge >= 0.3 is 5.97 Å². The van der Waals surface area contributed by atoms with Crippen molar-refractivity contribution in [2.75, 3.05) is 6.61 Å². The number of hydrogen-bond acceptors (Lipinski definition) is 3. The van der Waals surface area contributed by atoms with E-state index in [2.05, 4.69) is 0 Å². The smallest absolute Gasteiger partial charge is 0.303 e. The van der Waals surface area contributed by atoms with Crippen molar-refractivity contribution in [3.63, 3.8) is 0 Å². The fraction of sp³-hybridized carbons (Fsp3) is 0.800. The maximum atomic E-state index is 9.79. The summed E-state index contributed by atoms with van der Waals surface area (Å²) in [6.07, 6.45) is 1.33. The van der Waals surface area contributed by atoms with Crippen molar-refractivity contribution in [3.05, 3.63) is 0 Å². The summed E-state index contributed by atoms with van der Waals surface area (Å²) in [4.78, 5) is 9.79. The molecule has 0 radical (unpaired) electrons. The van der Waals surface area contributed by atoms with E-state index in [1.807, 2.05) is 0 Å². The summed E-state index contributed by atoms with van der Waals surface area (Å²) in [5.74, 6) is -0.793. The zero-order chi connectivity index (χ0) is 6.41. The largest absolute Gasteiger partial charge is 0.481 e. The van der Waals surface area contributed by atoms with Gasteiger partial charge in [-0.2, -0.15) is 0 Å². The van der Waals surface area contributed by atoms with E-state index in [-0.39, 0.29) is 19.2 Å². The molecule has 0 saturated carbocycles. The van der Waals surface area contributed by atoms with E-state index in [1.165, 1.54) is 0 Å². The standard InChI is InChI=1S/C5H10O3.H3N/c6-4-2-1-3-5(7)8;/h6H,1-4H2,(H,7,8);1H3. The highest BCUT2D eigenvalue weighted by Crippen LogP contribution is 1.92. The molecule has 0 aromatic heterocycles. The molecule has 0 aromatic rings. The molecule has 0 fully saturated rings. The van der Waals surface area contributed by atoms with E-state index in [9.17, 15) is 4.79 Å². The Morgan fingerprint density at radius 1 is 1.33 bits per heavy atom. The van der Waals surface area contributed by atoms with E-state index in [0.29, 0.717) is 12.8 Å². The molecule has 56 valence electrons. The molecule has 0 amide bonds. The van der Waals surface area contributed by atoms with Crippen LogP contribution in [0.15, 0.2) is 0 Å². The monoisotopic (exact) mass is 135 g/mol. The second-order valence-electron chi connectivity index (χ2n) is 1.57. The molecule has 0 spiro atoms. The van der Waals surface area contributed by atoms with Gasteiger partial charge in [-0.15, -0.1) is 0 Å². The zero-order valence-electron chi connectivity index (χ0n) is 5.34. The minimum absolute atomic E-state index is 0.